The minimum absolute atomic E-state index is 0.346. The lowest BCUT2D eigenvalue weighted by atomic mass is 9.98. The van der Waals surface area contributed by atoms with Gasteiger partial charge in [0.05, 0.1) is 16.5 Å². The third-order valence-corrected chi connectivity index (χ3v) is 4.42. The van der Waals surface area contributed by atoms with E-state index in [1.165, 1.54) is 0 Å². The van der Waals surface area contributed by atoms with Gasteiger partial charge in [0.2, 0.25) is 0 Å². The molecular weight excluding hydrogens is 272 g/mol. The molecule has 1 atom stereocenters. The van der Waals surface area contributed by atoms with Crippen molar-refractivity contribution in [3.63, 3.8) is 0 Å². The number of carbonyl (C=O) groups is 1. The van der Waals surface area contributed by atoms with Crippen molar-refractivity contribution in [2.24, 2.45) is 5.92 Å². The molecule has 2 aromatic heterocycles. The second kappa shape index (κ2) is 4.40. The van der Waals surface area contributed by atoms with Crippen LogP contribution in [0.2, 0.25) is 5.15 Å². The molecule has 0 bridgehead atoms. The van der Waals surface area contributed by atoms with Crippen LogP contribution in [0.25, 0.3) is 10.7 Å². The molecule has 0 spiro atoms. The van der Waals surface area contributed by atoms with Crippen molar-refractivity contribution >= 4 is 28.9 Å². The zero-order chi connectivity index (χ0) is 12.7. The number of carboxylic acid groups (broad SMARTS) is 1. The Morgan fingerprint density at radius 3 is 3.11 bits per heavy atom. The number of hydrogen-bond acceptors (Lipinski definition) is 3. The highest BCUT2D eigenvalue weighted by molar-refractivity contribution is 7.13. The minimum Gasteiger partial charge on any atom is -0.481 e. The van der Waals surface area contributed by atoms with E-state index in [-0.39, 0.29) is 5.92 Å². The third-order valence-electron chi connectivity index (χ3n) is 3.25. The smallest absolute Gasteiger partial charge is 0.308 e. The molecule has 0 amide bonds. The molecule has 1 aliphatic heterocycles. The van der Waals surface area contributed by atoms with E-state index in [1.807, 2.05) is 22.1 Å². The van der Waals surface area contributed by atoms with E-state index in [4.69, 9.17) is 16.7 Å². The van der Waals surface area contributed by atoms with Gasteiger partial charge >= 0.3 is 5.97 Å². The summed E-state index contributed by atoms with van der Waals surface area (Å²) in [6.45, 7) is 0.456. The molecule has 0 fully saturated rings. The van der Waals surface area contributed by atoms with E-state index in [0.717, 1.165) is 16.4 Å². The Bertz CT molecular complexity index is 591. The van der Waals surface area contributed by atoms with Crippen LogP contribution in [-0.2, 0) is 17.8 Å². The van der Waals surface area contributed by atoms with Crippen LogP contribution < -0.4 is 0 Å². The van der Waals surface area contributed by atoms with Crippen LogP contribution in [0.15, 0.2) is 17.5 Å². The standard InChI is InChI=1S/C12H11ClN2O2S/c13-10-8-4-3-7(12(16)17)6-15(8)11(14-10)9-2-1-5-18-9/h1-2,5,7H,3-4,6H2,(H,16,17). The Hall–Kier alpha value is -1.33. The summed E-state index contributed by atoms with van der Waals surface area (Å²) in [7, 11) is 0. The summed E-state index contributed by atoms with van der Waals surface area (Å²) >= 11 is 7.71. The fourth-order valence-electron chi connectivity index (χ4n) is 2.31. The number of aliphatic carboxylic acids is 1. The zero-order valence-corrected chi connectivity index (χ0v) is 11.0. The van der Waals surface area contributed by atoms with Crippen molar-refractivity contribution in [1.29, 1.82) is 0 Å². The normalized spacial score (nSPS) is 18.6. The lowest BCUT2D eigenvalue weighted by molar-refractivity contribution is -0.142. The molecule has 3 rings (SSSR count). The number of imidazole rings is 1. The van der Waals surface area contributed by atoms with Gasteiger partial charge < -0.3 is 9.67 Å². The fourth-order valence-corrected chi connectivity index (χ4v) is 3.31. The minimum atomic E-state index is -0.748. The predicted octanol–water partition coefficient (Wildman–Crippen LogP) is 2.91. The number of hydrogen-bond donors (Lipinski definition) is 1. The van der Waals surface area contributed by atoms with Crippen LogP contribution >= 0.6 is 22.9 Å². The predicted molar refractivity (Wildman–Crippen MR) is 70.0 cm³/mol. The second-order valence-corrected chi connectivity index (χ2v) is 5.64. The Balaban J connectivity index is 2.06. The van der Waals surface area contributed by atoms with Crippen LogP contribution in [0, 0.1) is 5.92 Å². The average molecular weight is 283 g/mol. The van der Waals surface area contributed by atoms with Crippen molar-refractivity contribution in [3.05, 3.63) is 28.4 Å². The molecule has 3 heterocycles. The van der Waals surface area contributed by atoms with Gasteiger partial charge in [0.1, 0.15) is 0 Å². The van der Waals surface area contributed by atoms with Gasteiger partial charge in [0, 0.05) is 6.54 Å². The molecule has 0 saturated carbocycles. The highest BCUT2D eigenvalue weighted by Gasteiger charge is 2.29. The molecule has 2 aromatic rings. The SMILES string of the molecule is O=C(O)C1CCc2c(Cl)nc(-c3cccs3)n2C1. The first-order chi connectivity index (χ1) is 8.66. The molecule has 0 aromatic carbocycles. The number of rotatable bonds is 2. The first-order valence-corrected chi connectivity index (χ1v) is 6.94. The van der Waals surface area contributed by atoms with Crippen molar-refractivity contribution in [2.75, 3.05) is 0 Å². The van der Waals surface area contributed by atoms with Crippen LogP contribution in [0.1, 0.15) is 12.1 Å². The Kier molecular flexibility index (Phi) is 2.87. The van der Waals surface area contributed by atoms with Gasteiger partial charge in [-0.05, 0) is 24.3 Å². The molecule has 18 heavy (non-hydrogen) atoms. The maximum absolute atomic E-state index is 11.1. The van der Waals surface area contributed by atoms with Crippen LogP contribution in [0.3, 0.4) is 0 Å². The molecular formula is C12H11ClN2O2S. The summed E-state index contributed by atoms with van der Waals surface area (Å²) in [5.41, 5.74) is 0.956. The third kappa shape index (κ3) is 1.83. The van der Waals surface area contributed by atoms with Crippen LogP contribution in [0.5, 0.6) is 0 Å². The molecule has 1 unspecified atom stereocenters. The average Bonchev–Trinajstić information content (AvgIpc) is 2.97. The molecule has 4 nitrogen and oxygen atoms in total. The van der Waals surface area contributed by atoms with Gasteiger partial charge in [-0.2, -0.15) is 0 Å². The number of thiophene rings is 1. The maximum atomic E-state index is 11.1. The molecule has 1 N–H and O–H groups in total. The van der Waals surface area contributed by atoms with E-state index < -0.39 is 5.97 Å². The van der Waals surface area contributed by atoms with E-state index in [1.54, 1.807) is 11.3 Å². The zero-order valence-electron chi connectivity index (χ0n) is 9.47. The van der Waals surface area contributed by atoms with Gasteiger partial charge in [0.15, 0.2) is 11.0 Å². The Morgan fingerprint density at radius 1 is 1.61 bits per heavy atom. The first-order valence-electron chi connectivity index (χ1n) is 5.68. The number of aromatic nitrogens is 2. The molecule has 0 radical (unpaired) electrons. The van der Waals surface area contributed by atoms with Crippen LogP contribution in [0.4, 0.5) is 0 Å². The van der Waals surface area contributed by atoms with Crippen molar-refractivity contribution in [3.8, 4) is 10.7 Å². The molecule has 6 heteroatoms. The second-order valence-electron chi connectivity index (χ2n) is 4.33. The molecule has 0 saturated heterocycles. The number of nitrogens with zero attached hydrogens (tertiary/aromatic N) is 2. The van der Waals surface area contributed by atoms with E-state index in [0.29, 0.717) is 24.5 Å². The number of carboxylic acids is 1. The highest BCUT2D eigenvalue weighted by Crippen LogP contribution is 2.33. The molecule has 1 aliphatic rings. The summed E-state index contributed by atoms with van der Waals surface area (Å²) in [6.07, 6.45) is 1.30. The van der Waals surface area contributed by atoms with Gasteiger partial charge in [-0.1, -0.05) is 17.7 Å². The largest absolute Gasteiger partial charge is 0.481 e. The summed E-state index contributed by atoms with van der Waals surface area (Å²) in [5, 5.41) is 11.6. The van der Waals surface area contributed by atoms with E-state index in [9.17, 15) is 4.79 Å². The van der Waals surface area contributed by atoms with Crippen molar-refractivity contribution in [1.82, 2.24) is 9.55 Å². The lowest BCUT2D eigenvalue weighted by Crippen LogP contribution is -2.26. The van der Waals surface area contributed by atoms with E-state index in [2.05, 4.69) is 4.98 Å². The Labute approximate surface area is 113 Å². The first kappa shape index (κ1) is 11.7. The molecule has 0 aliphatic carbocycles. The Morgan fingerprint density at radius 2 is 2.44 bits per heavy atom. The monoisotopic (exact) mass is 282 g/mol. The van der Waals surface area contributed by atoms with Gasteiger partial charge in [-0.25, -0.2) is 4.98 Å². The highest BCUT2D eigenvalue weighted by atomic mass is 35.5. The van der Waals surface area contributed by atoms with Gasteiger partial charge in [-0.3, -0.25) is 4.79 Å². The summed E-state index contributed by atoms with van der Waals surface area (Å²) in [6, 6.07) is 3.92. The number of fused-ring (bicyclic) bond motifs is 1. The lowest BCUT2D eigenvalue weighted by Gasteiger charge is -2.22. The van der Waals surface area contributed by atoms with E-state index >= 15 is 0 Å². The van der Waals surface area contributed by atoms with Gasteiger partial charge in [0.25, 0.3) is 0 Å². The fraction of sp³-hybridized carbons (Fsp3) is 0.333. The quantitative estimate of drug-likeness (QED) is 0.921. The van der Waals surface area contributed by atoms with Gasteiger partial charge in [-0.15, -0.1) is 11.3 Å². The van der Waals surface area contributed by atoms with Crippen molar-refractivity contribution < 1.29 is 9.90 Å². The summed E-state index contributed by atoms with van der Waals surface area (Å²) < 4.78 is 1.95. The van der Waals surface area contributed by atoms with Crippen molar-refractivity contribution in [2.45, 2.75) is 19.4 Å². The number of halogens is 1. The summed E-state index contributed by atoms with van der Waals surface area (Å²) in [5.74, 6) is -0.306. The van der Waals surface area contributed by atoms with Crippen LogP contribution in [-0.4, -0.2) is 20.6 Å². The maximum Gasteiger partial charge on any atom is 0.308 e. The summed E-state index contributed by atoms with van der Waals surface area (Å²) in [4.78, 5) is 16.5. The molecule has 94 valence electrons. The topological polar surface area (TPSA) is 55.1 Å².